The lowest BCUT2D eigenvalue weighted by Gasteiger charge is -2.18. The van der Waals surface area contributed by atoms with E-state index in [1.54, 1.807) is 0 Å². The van der Waals surface area contributed by atoms with E-state index in [0.29, 0.717) is 17.5 Å². The number of fused-ring (bicyclic) bond motifs is 10. The van der Waals surface area contributed by atoms with E-state index in [9.17, 15) is 0 Å². The van der Waals surface area contributed by atoms with Crippen molar-refractivity contribution in [2.45, 2.75) is 12.8 Å². The monoisotopic (exact) mass is 666 g/mol. The van der Waals surface area contributed by atoms with Crippen LogP contribution in [-0.2, 0) is 0 Å². The number of furan rings is 1. The number of hydrogen-bond donors (Lipinski definition) is 0. The average molecular weight is 667 g/mol. The molecular weight excluding hydrogens is 637 g/mol. The van der Waals surface area contributed by atoms with Gasteiger partial charge in [0.1, 0.15) is 11.2 Å². The highest BCUT2D eigenvalue weighted by Gasteiger charge is 2.22. The van der Waals surface area contributed by atoms with Crippen molar-refractivity contribution in [2.75, 3.05) is 0 Å². The number of allylic oxidation sites excluding steroid dienone is 4. The van der Waals surface area contributed by atoms with E-state index in [2.05, 4.69) is 108 Å². The molecule has 0 atom stereocenters. The van der Waals surface area contributed by atoms with Gasteiger partial charge in [-0.25, -0.2) is 15.0 Å². The first-order chi connectivity index (χ1) is 25.8. The molecule has 244 valence electrons. The van der Waals surface area contributed by atoms with Crippen molar-refractivity contribution < 1.29 is 4.42 Å². The fourth-order valence-electron chi connectivity index (χ4n) is 8.14. The van der Waals surface area contributed by atoms with Crippen LogP contribution in [0.15, 0.2) is 162 Å². The van der Waals surface area contributed by atoms with Crippen molar-refractivity contribution in [1.82, 2.24) is 19.5 Å². The fourth-order valence-corrected chi connectivity index (χ4v) is 8.14. The smallest absolute Gasteiger partial charge is 0.167 e. The molecule has 1 aliphatic carbocycles. The third-order valence-corrected chi connectivity index (χ3v) is 10.6. The first kappa shape index (κ1) is 28.9. The summed E-state index contributed by atoms with van der Waals surface area (Å²) in [6.07, 6.45) is 6.09. The molecule has 0 saturated carbocycles. The maximum absolute atomic E-state index is 6.42. The van der Waals surface area contributed by atoms with Gasteiger partial charge in [0, 0.05) is 32.8 Å². The molecule has 7 aromatic carbocycles. The molecule has 0 bridgehead atoms. The Morgan fingerprint density at radius 2 is 1.08 bits per heavy atom. The molecule has 0 saturated heterocycles. The lowest BCUT2D eigenvalue weighted by Crippen LogP contribution is -2.06. The molecule has 10 aromatic rings. The zero-order chi connectivity index (χ0) is 34.2. The number of hydrogen-bond acceptors (Lipinski definition) is 4. The molecule has 0 N–H and O–H groups in total. The van der Waals surface area contributed by atoms with Crippen LogP contribution in [-0.4, -0.2) is 19.5 Å². The van der Waals surface area contributed by atoms with Crippen LogP contribution in [0, 0.1) is 0 Å². The second-order valence-electron chi connectivity index (χ2n) is 13.5. The predicted molar refractivity (Wildman–Crippen MR) is 214 cm³/mol. The van der Waals surface area contributed by atoms with Crippen LogP contribution >= 0.6 is 0 Å². The Labute approximate surface area is 298 Å². The highest BCUT2D eigenvalue weighted by atomic mass is 16.3. The molecule has 1 aliphatic rings. The van der Waals surface area contributed by atoms with Crippen LogP contribution in [0.2, 0.25) is 0 Å². The Balaban J connectivity index is 1.10. The molecule has 0 amide bonds. The third-order valence-electron chi connectivity index (χ3n) is 10.6. The first-order valence-electron chi connectivity index (χ1n) is 17.7. The second-order valence-corrected chi connectivity index (χ2v) is 13.5. The minimum Gasteiger partial charge on any atom is -0.455 e. The Kier molecular flexibility index (Phi) is 6.31. The van der Waals surface area contributed by atoms with Gasteiger partial charge in [0.15, 0.2) is 17.5 Å². The molecule has 5 nitrogen and oxygen atoms in total. The van der Waals surface area contributed by atoms with Crippen molar-refractivity contribution in [1.29, 1.82) is 0 Å². The summed E-state index contributed by atoms with van der Waals surface area (Å²) in [5.41, 5.74) is 8.21. The summed E-state index contributed by atoms with van der Waals surface area (Å²) in [7, 11) is 0. The van der Waals surface area contributed by atoms with Crippen molar-refractivity contribution in [3.63, 3.8) is 0 Å². The minimum atomic E-state index is 0.602. The molecule has 0 fully saturated rings. The van der Waals surface area contributed by atoms with Crippen molar-refractivity contribution >= 4 is 76.6 Å². The molecule has 0 aliphatic heterocycles. The Morgan fingerprint density at radius 3 is 1.79 bits per heavy atom. The van der Waals surface area contributed by atoms with Crippen LogP contribution in [0.3, 0.4) is 0 Å². The van der Waals surface area contributed by atoms with Gasteiger partial charge in [-0.05, 0) is 70.3 Å². The average Bonchev–Trinajstić information content (AvgIpc) is 3.78. The lowest BCUT2D eigenvalue weighted by molar-refractivity contribution is 0.669. The molecule has 0 spiro atoms. The van der Waals surface area contributed by atoms with Crippen molar-refractivity contribution in [3.05, 3.63) is 164 Å². The SMILES string of the molecule is C1=C(c2nc(-c3ccccc3)nc(-c3cccc4c3oc3ccccc34)n2)CCC(n2c3ccc4ccccc4c3c3c4ccccc4ccc32)=C1. The minimum absolute atomic E-state index is 0.602. The van der Waals surface area contributed by atoms with Gasteiger partial charge in [-0.2, -0.15) is 0 Å². The standard InChI is InChI=1S/C47H30N4O/c1-2-13-31(14-3-1)45-48-46(50-47(49-45)38-19-10-18-37-36-17-8-9-20-41(36)52-44(37)38)32-21-25-33(26-22-32)51-39-27-23-29-11-4-6-15-34(29)42(39)43-35-16-7-5-12-30(35)24-28-40(43)51/h1-21,23-25,27-28H,22,26H2. The maximum Gasteiger partial charge on any atom is 0.167 e. The van der Waals surface area contributed by atoms with Crippen molar-refractivity contribution in [2.24, 2.45) is 0 Å². The summed E-state index contributed by atoms with van der Waals surface area (Å²) >= 11 is 0. The van der Waals surface area contributed by atoms with Crippen LogP contribution in [0.5, 0.6) is 0 Å². The number of para-hydroxylation sites is 2. The fraction of sp³-hybridized carbons (Fsp3) is 0.0426. The van der Waals surface area contributed by atoms with Gasteiger partial charge in [-0.15, -0.1) is 0 Å². The molecule has 5 heteroatoms. The predicted octanol–water partition coefficient (Wildman–Crippen LogP) is 12.2. The molecule has 52 heavy (non-hydrogen) atoms. The van der Waals surface area contributed by atoms with Crippen molar-refractivity contribution in [3.8, 4) is 22.8 Å². The van der Waals surface area contributed by atoms with Gasteiger partial charge in [-0.3, -0.25) is 0 Å². The largest absolute Gasteiger partial charge is 0.455 e. The zero-order valence-electron chi connectivity index (χ0n) is 28.1. The Bertz CT molecular complexity index is 3040. The normalized spacial score (nSPS) is 13.5. The van der Waals surface area contributed by atoms with Gasteiger partial charge in [0.05, 0.1) is 16.6 Å². The van der Waals surface area contributed by atoms with Gasteiger partial charge in [0.25, 0.3) is 0 Å². The summed E-state index contributed by atoms with van der Waals surface area (Å²) in [5, 5.41) is 9.78. The van der Waals surface area contributed by atoms with E-state index in [1.165, 1.54) is 49.0 Å². The zero-order valence-corrected chi connectivity index (χ0v) is 28.1. The quantitative estimate of drug-likeness (QED) is 0.188. The lowest BCUT2D eigenvalue weighted by atomic mass is 10.00. The summed E-state index contributed by atoms with van der Waals surface area (Å²) in [6, 6.07) is 51.0. The molecule has 11 rings (SSSR count). The highest BCUT2D eigenvalue weighted by Crippen LogP contribution is 2.42. The molecular formula is C47H30N4O. The number of nitrogens with zero attached hydrogens (tertiary/aromatic N) is 4. The molecule has 0 unspecified atom stereocenters. The van der Waals surface area contributed by atoms with Crippen LogP contribution in [0.25, 0.3) is 99.3 Å². The number of aromatic nitrogens is 4. The van der Waals surface area contributed by atoms with E-state index in [4.69, 9.17) is 19.4 Å². The van der Waals surface area contributed by atoms with Crippen LogP contribution < -0.4 is 0 Å². The number of rotatable bonds is 4. The summed E-state index contributed by atoms with van der Waals surface area (Å²) in [5.74, 6) is 1.93. The summed E-state index contributed by atoms with van der Waals surface area (Å²) < 4.78 is 8.89. The van der Waals surface area contributed by atoms with E-state index in [0.717, 1.165) is 51.5 Å². The first-order valence-corrected chi connectivity index (χ1v) is 17.7. The van der Waals surface area contributed by atoms with E-state index in [1.807, 2.05) is 54.6 Å². The van der Waals surface area contributed by atoms with Gasteiger partial charge in [-0.1, -0.05) is 127 Å². The van der Waals surface area contributed by atoms with E-state index >= 15 is 0 Å². The van der Waals surface area contributed by atoms with Gasteiger partial charge < -0.3 is 8.98 Å². The maximum atomic E-state index is 6.42. The summed E-state index contributed by atoms with van der Waals surface area (Å²) in [6.45, 7) is 0. The Morgan fingerprint density at radius 1 is 0.462 bits per heavy atom. The van der Waals surface area contributed by atoms with Gasteiger partial charge >= 0.3 is 0 Å². The number of benzene rings is 7. The summed E-state index contributed by atoms with van der Waals surface area (Å²) in [4.78, 5) is 15.3. The van der Waals surface area contributed by atoms with Gasteiger partial charge in [0.2, 0.25) is 0 Å². The third kappa shape index (κ3) is 4.39. The second kappa shape index (κ2) is 11.3. The molecule has 0 radical (unpaired) electrons. The highest BCUT2D eigenvalue weighted by molar-refractivity contribution is 6.28. The van der Waals surface area contributed by atoms with E-state index in [-0.39, 0.29) is 0 Å². The topological polar surface area (TPSA) is 56.7 Å². The van der Waals surface area contributed by atoms with Crippen LogP contribution in [0.1, 0.15) is 18.7 Å². The van der Waals surface area contributed by atoms with Crippen LogP contribution in [0.4, 0.5) is 0 Å². The Hall–Kier alpha value is -6.85. The van der Waals surface area contributed by atoms with E-state index < -0.39 is 0 Å². The molecule has 3 aromatic heterocycles. The molecule has 3 heterocycles.